The smallest absolute Gasteiger partial charge is 0.258 e. The predicted molar refractivity (Wildman–Crippen MR) is 115 cm³/mol. The van der Waals surface area contributed by atoms with Crippen LogP contribution in [-0.2, 0) is 24.7 Å². The van der Waals surface area contributed by atoms with Gasteiger partial charge in [0.15, 0.2) is 0 Å². The van der Waals surface area contributed by atoms with E-state index in [2.05, 4.69) is 29.2 Å². The summed E-state index contributed by atoms with van der Waals surface area (Å²) in [6, 6.07) is 12.8. The Morgan fingerprint density at radius 3 is 2.86 bits per heavy atom. The fourth-order valence-corrected chi connectivity index (χ4v) is 6.58. The van der Waals surface area contributed by atoms with Crippen LogP contribution in [0, 0.1) is 5.92 Å². The lowest BCUT2D eigenvalue weighted by Gasteiger charge is -2.46. The fraction of sp³-hybridized carbons (Fsp3) is 0.348. The Labute approximate surface area is 174 Å². The van der Waals surface area contributed by atoms with E-state index in [1.165, 1.54) is 21.6 Å². The summed E-state index contributed by atoms with van der Waals surface area (Å²) in [6.07, 6.45) is 8.01. The van der Waals surface area contributed by atoms with E-state index in [1.807, 2.05) is 12.1 Å². The van der Waals surface area contributed by atoms with Gasteiger partial charge in [0.25, 0.3) is 5.91 Å². The summed E-state index contributed by atoms with van der Waals surface area (Å²) >= 11 is 1.56. The van der Waals surface area contributed by atoms with Gasteiger partial charge in [0, 0.05) is 16.5 Å². The highest BCUT2D eigenvalue weighted by atomic mass is 32.1. The summed E-state index contributed by atoms with van der Waals surface area (Å²) in [5.74, 6) is 0.390. The van der Waals surface area contributed by atoms with E-state index >= 15 is 0 Å². The summed E-state index contributed by atoms with van der Waals surface area (Å²) < 4.78 is 0. The van der Waals surface area contributed by atoms with E-state index in [-0.39, 0.29) is 11.3 Å². The predicted octanol–water partition coefficient (Wildman–Crippen LogP) is 3.65. The Balaban J connectivity index is 1.66. The Morgan fingerprint density at radius 1 is 1.17 bits per heavy atom. The first-order chi connectivity index (χ1) is 14.1. The van der Waals surface area contributed by atoms with Crippen molar-refractivity contribution in [3.63, 3.8) is 0 Å². The molecule has 2 aromatic heterocycles. The zero-order valence-corrected chi connectivity index (χ0v) is 17.0. The maximum Gasteiger partial charge on any atom is 0.258 e. The summed E-state index contributed by atoms with van der Waals surface area (Å²) in [5.41, 5.74) is 16.5. The van der Waals surface area contributed by atoms with E-state index in [0.29, 0.717) is 16.7 Å². The van der Waals surface area contributed by atoms with E-state index in [1.54, 1.807) is 17.5 Å². The number of rotatable bonds is 3. The lowest BCUT2D eigenvalue weighted by atomic mass is 9.58. The normalized spacial score (nSPS) is 23.2. The van der Waals surface area contributed by atoms with Crippen LogP contribution < -0.4 is 11.5 Å². The van der Waals surface area contributed by atoms with Gasteiger partial charge in [-0.2, -0.15) is 0 Å². The number of nitrogen functional groups attached to an aromatic ring is 1. The van der Waals surface area contributed by atoms with Gasteiger partial charge in [0.05, 0.1) is 10.6 Å². The third kappa shape index (κ3) is 2.94. The van der Waals surface area contributed by atoms with Crippen molar-refractivity contribution >= 4 is 23.2 Å². The molecule has 29 heavy (non-hydrogen) atoms. The lowest BCUT2D eigenvalue weighted by Crippen LogP contribution is -2.43. The van der Waals surface area contributed by atoms with Gasteiger partial charge in [-0.3, -0.25) is 4.79 Å². The van der Waals surface area contributed by atoms with Crippen LogP contribution in [0.2, 0.25) is 0 Å². The molecule has 148 valence electrons. The maximum absolute atomic E-state index is 11.7. The number of aromatic nitrogens is 2. The highest BCUT2D eigenvalue weighted by Gasteiger charge is 2.47. The molecule has 5 nitrogen and oxygen atoms in total. The second-order valence-corrected chi connectivity index (χ2v) is 9.28. The first-order valence-electron chi connectivity index (χ1n) is 10.2. The first-order valence-corrected chi connectivity index (χ1v) is 11.0. The van der Waals surface area contributed by atoms with E-state index in [4.69, 9.17) is 16.5 Å². The van der Waals surface area contributed by atoms with E-state index in [9.17, 15) is 4.79 Å². The van der Waals surface area contributed by atoms with Gasteiger partial charge in [0.2, 0.25) is 5.95 Å². The van der Waals surface area contributed by atoms with Crippen molar-refractivity contribution in [2.75, 3.05) is 5.73 Å². The third-order valence-electron chi connectivity index (χ3n) is 6.68. The molecule has 0 radical (unpaired) electrons. The number of nitrogens with zero attached hydrogens (tertiary/aromatic N) is 2. The monoisotopic (exact) mass is 404 g/mol. The van der Waals surface area contributed by atoms with Crippen LogP contribution in [0.25, 0.3) is 0 Å². The molecule has 2 heterocycles. The van der Waals surface area contributed by atoms with Gasteiger partial charge in [-0.05, 0) is 73.3 Å². The number of hydrogen-bond donors (Lipinski definition) is 2. The van der Waals surface area contributed by atoms with Gasteiger partial charge in [-0.25, -0.2) is 9.97 Å². The van der Waals surface area contributed by atoms with Crippen LogP contribution in [0.1, 0.15) is 56.2 Å². The van der Waals surface area contributed by atoms with Crippen LogP contribution in [0.5, 0.6) is 0 Å². The average molecular weight is 405 g/mol. The van der Waals surface area contributed by atoms with Gasteiger partial charge in [0.1, 0.15) is 0 Å². The fourth-order valence-electron chi connectivity index (χ4n) is 5.44. The number of carbonyl (C=O) groups excluding carboxylic acids is 1. The number of primary amides is 1. The Morgan fingerprint density at radius 2 is 2.03 bits per heavy atom. The van der Waals surface area contributed by atoms with Gasteiger partial charge in [-0.1, -0.05) is 24.3 Å². The van der Waals surface area contributed by atoms with Crippen LogP contribution in [0.15, 0.2) is 42.6 Å². The summed E-state index contributed by atoms with van der Waals surface area (Å²) in [6.45, 7) is 0. The zero-order chi connectivity index (χ0) is 20.0. The largest absolute Gasteiger partial charge is 0.368 e. The summed E-state index contributed by atoms with van der Waals surface area (Å²) in [4.78, 5) is 22.5. The SMILES string of the molecule is NC(=O)c1cc2c(s1)CC(C1(c3ccnc(N)n3)CCCc3ccccc31)CC2. The highest BCUT2D eigenvalue weighted by Crippen LogP contribution is 2.51. The molecule has 6 heteroatoms. The van der Waals surface area contributed by atoms with Crippen molar-refractivity contribution in [3.8, 4) is 0 Å². The van der Waals surface area contributed by atoms with Crippen LogP contribution in [0.3, 0.4) is 0 Å². The second-order valence-electron chi connectivity index (χ2n) is 8.15. The maximum atomic E-state index is 11.7. The third-order valence-corrected chi connectivity index (χ3v) is 7.89. The first kappa shape index (κ1) is 18.3. The molecule has 0 saturated heterocycles. The topological polar surface area (TPSA) is 94.9 Å². The Bertz CT molecular complexity index is 1090. The number of nitrogens with two attached hydrogens (primary N) is 2. The number of anilines is 1. The molecule has 2 aliphatic rings. The molecule has 1 amide bonds. The van der Waals surface area contributed by atoms with E-state index in [0.717, 1.165) is 44.2 Å². The molecule has 0 saturated carbocycles. The molecule has 0 spiro atoms. The molecular weight excluding hydrogens is 380 g/mol. The zero-order valence-electron chi connectivity index (χ0n) is 16.2. The Kier molecular flexibility index (Phi) is 4.39. The van der Waals surface area contributed by atoms with Gasteiger partial charge in [-0.15, -0.1) is 11.3 Å². The average Bonchev–Trinajstić information content (AvgIpc) is 3.17. The molecule has 2 aliphatic carbocycles. The van der Waals surface area contributed by atoms with Gasteiger partial charge < -0.3 is 11.5 Å². The number of carbonyl (C=O) groups is 1. The molecule has 0 bridgehead atoms. The van der Waals surface area contributed by atoms with Crippen molar-refractivity contribution < 1.29 is 4.79 Å². The molecule has 5 rings (SSSR count). The molecule has 0 fully saturated rings. The quantitative estimate of drug-likeness (QED) is 0.697. The van der Waals surface area contributed by atoms with Crippen molar-refractivity contribution in [1.29, 1.82) is 0 Å². The van der Waals surface area contributed by atoms with Crippen molar-refractivity contribution in [3.05, 3.63) is 74.7 Å². The molecular formula is C23H24N4OS. The number of fused-ring (bicyclic) bond motifs is 2. The minimum absolute atomic E-state index is 0.180. The molecule has 0 aliphatic heterocycles. The minimum Gasteiger partial charge on any atom is -0.368 e. The molecule has 1 aromatic carbocycles. The second kappa shape index (κ2) is 6.95. The number of aryl methyl sites for hydroxylation is 2. The molecule has 3 aromatic rings. The standard InChI is InChI=1S/C23H24N4OS/c24-21(28)19-12-15-7-8-16(13-18(15)29-19)23(20-9-11-26-22(25)27-20)10-3-5-14-4-1-2-6-17(14)23/h1-2,4,6,9,11-12,16H,3,5,7-8,10,13H2,(H2,24,28)(H2,25,26,27). The van der Waals surface area contributed by atoms with Crippen LogP contribution in [0.4, 0.5) is 5.95 Å². The number of benzene rings is 1. The van der Waals surface area contributed by atoms with Crippen molar-refractivity contribution in [2.24, 2.45) is 11.7 Å². The minimum atomic E-state index is -0.331. The summed E-state index contributed by atoms with van der Waals surface area (Å²) in [5, 5.41) is 0. The van der Waals surface area contributed by atoms with E-state index < -0.39 is 0 Å². The Hall–Kier alpha value is -2.73. The lowest BCUT2D eigenvalue weighted by molar-refractivity contribution is 0.100. The van der Waals surface area contributed by atoms with Crippen molar-refractivity contribution in [1.82, 2.24) is 9.97 Å². The molecule has 2 unspecified atom stereocenters. The van der Waals surface area contributed by atoms with Crippen molar-refractivity contribution in [2.45, 2.75) is 43.9 Å². The number of hydrogen-bond acceptors (Lipinski definition) is 5. The number of amides is 1. The molecule has 2 atom stereocenters. The van der Waals surface area contributed by atoms with Crippen LogP contribution in [-0.4, -0.2) is 15.9 Å². The van der Waals surface area contributed by atoms with Crippen LogP contribution >= 0.6 is 11.3 Å². The van der Waals surface area contributed by atoms with Gasteiger partial charge >= 0.3 is 0 Å². The highest BCUT2D eigenvalue weighted by molar-refractivity contribution is 7.14. The number of thiophene rings is 1. The molecule has 4 N–H and O–H groups in total. The summed E-state index contributed by atoms with van der Waals surface area (Å²) in [7, 11) is 0.